The van der Waals surface area contributed by atoms with Crippen LogP contribution in [0.5, 0.6) is 5.75 Å². The highest BCUT2D eigenvalue weighted by atomic mass is 16.5. The summed E-state index contributed by atoms with van der Waals surface area (Å²) in [5.74, 6) is 0.326. The van der Waals surface area contributed by atoms with E-state index in [1.54, 1.807) is 25.1 Å². The molecule has 0 radical (unpaired) electrons. The van der Waals surface area contributed by atoms with Crippen molar-refractivity contribution in [1.82, 2.24) is 0 Å². The summed E-state index contributed by atoms with van der Waals surface area (Å²) in [5.41, 5.74) is 0.0966. The lowest BCUT2D eigenvalue weighted by molar-refractivity contribution is -0.136. The molecule has 0 aliphatic carbocycles. The Morgan fingerprint density at radius 1 is 1.35 bits per heavy atom. The zero-order chi connectivity index (χ0) is 17.3. The van der Waals surface area contributed by atoms with Crippen LogP contribution in [0.2, 0.25) is 0 Å². The molecule has 0 bridgehead atoms. The van der Waals surface area contributed by atoms with Gasteiger partial charge in [0.05, 0.1) is 12.2 Å². The van der Waals surface area contributed by atoms with Crippen molar-refractivity contribution in [3.05, 3.63) is 23.8 Å². The monoisotopic (exact) mass is 318 g/mol. The van der Waals surface area contributed by atoms with Gasteiger partial charge in [-0.25, -0.2) is 0 Å². The van der Waals surface area contributed by atoms with Crippen molar-refractivity contribution in [2.24, 2.45) is 0 Å². The van der Waals surface area contributed by atoms with E-state index in [-0.39, 0.29) is 5.91 Å². The number of rotatable bonds is 9. The fourth-order valence-corrected chi connectivity index (χ4v) is 2.12. The Kier molecular flexibility index (Phi) is 7.56. The van der Waals surface area contributed by atoms with Crippen molar-refractivity contribution in [3.63, 3.8) is 0 Å². The third-order valence-electron chi connectivity index (χ3n) is 3.76. The fraction of sp³-hybridized carbons (Fsp3) is 0.556. The van der Waals surface area contributed by atoms with E-state index in [2.05, 4.69) is 18.3 Å². The first-order valence-corrected chi connectivity index (χ1v) is 8.04. The van der Waals surface area contributed by atoms with Crippen LogP contribution in [-0.2, 0) is 9.53 Å². The number of nitriles is 1. The van der Waals surface area contributed by atoms with Gasteiger partial charge < -0.3 is 14.8 Å². The molecule has 126 valence electrons. The molecule has 0 saturated heterocycles. The van der Waals surface area contributed by atoms with Crippen LogP contribution in [0.1, 0.15) is 52.0 Å². The molecule has 1 aromatic carbocycles. The van der Waals surface area contributed by atoms with Gasteiger partial charge in [0.15, 0.2) is 0 Å². The van der Waals surface area contributed by atoms with Crippen molar-refractivity contribution < 1.29 is 14.3 Å². The normalized spacial score (nSPS) is 13.0. The summed E-state index contributed by atoms with van der Waals surface area (Å²) in [6.45, 7) is 6.41. The van der Waals surface area contributed by atoms with Crippen molar-refractivity contribution in [2.75, 3.05) is 19.0 Å². The molecule has 1 amide bonds. The first-order valence-electron chi connectivity index (χ1n) is 8.04. The average molecular weight is 318 g/mol. The lowest BCUT2D eigenvalue weighted by Crippen LogP contribution is -2.41. The van der Waals surface area contributed by atoms with Crippen LogP contribution in [0.15, 0.2) is 18.2 Å². The van der Waals surface area contributed by atoms with Crippen molar-refractivity contribution in [2.45, 2.75) is 52.1 Å². The van der Waals surface area contributed by atoms with Crippen LogP contribution in [0.25, 0.3) is 0 Å². The molecule has 23 heavy (non-hydrogen) atoms. The van der Waals surface area contributed by atoms with Gasteiger partial charge in [-0.1, -0.05) is 26.7 Å². The standard InChI is InChI=1S/C18H26N2O3/c1-5-7-10-18(3,22-4)17(21)20-15-8-9-16(23-11-6-2)14(12-15)13-19/h8-9,12H,5-7,10-11H2,1-4H3,(H,20,21). The van der Waals surface area contributed by atoms with Gasteiger partial charge in [0, 0.05) is 12.8 Å². The Labute approximate surface area is 138 Å². The van der Waals surface area contributed by atoms with Crippen LogP contribution in [0.3, 0.4) is 0 Å². The maximum Gasteiger partial charge on any atom is 0.256 e. The number of nitrogens with zero attached hydrogens (tertiary/aromatic N) is 1. The molecule has 1 atom stereocenters. The Morgan fingerprint density at radius 3 is 2.65 bits per heavy atom. The molecule has 0 heterocycles. The summed E-state index contributed by atoms with van der Waals surface area (Å²) < 4.78 is 10.9. The fourth-order valence-electron chi connectivity index (χ4n) is 2.12. The number of hydrogen-bond donors (Lipinski definition) is 1. The Balaban J connectivity index is 2.87. The van der Waals surface area contributed by atoms with E-state index in [1.807, 2.05) is 6.92 Å². The van der Waals surface area contributed by atoms with Gasteiger partial charge in [-0.2, -0.15) is 5.26 Å². The summed E-state index contributed by atoms with van der Waals surface area (Å²) in [5, 5.41) is 12.1. The molecule has 1 aromatic rings. The van der Waals surface area contributed by atoms with Gasteiger partial charge in [0.1, 0.15) is 17.4 Å². The molecular formula is C18H26N2O3. The van der Waals surface area contributed by atoms with Gasteiger partial charge >= 0.3 is 0 Å². The highest BCUT2D eigenvalue weighted by Crippen LogP contribution is 2.25. The number of methoxy groups -OCH3 is 1. The maximum absolute atomic E-state index is 12.5. The first kappa shape index (κ1) is 19.0. The molecule has 0 saturated carbocycles. The van der Waals surface area contributed by atoms with Crippen LogP contribution < -0.4 is 10.1 Å². The molecule has 5 nitrogen and oxygen atoms in total. The first-order chi connectivity index (χ1) is 11.0. The highest BCUT2D eigenvalue weighted by Gasteiger charge is 2.32. The largest absolute Gasteiger partial charge is 0.492 e. The summed E-state index contributed by atoms with van der Waals surface area (Å²) in [6.07, 6.45) is 3.42. The summed E-state index contributed by atoms with van der Waals surface area (Å²) in [6, 6.07) is 7.17. The van der Waals surface area contributed by atoms with E-state index in [0.717, 1.165) is 19.3 Å². The molecule has 1 rings (SSSR count). The van der Waals surface area contributed by atoms with E-state index in [1.165, 1.54) is 7.11 Å². The Morgan fingerprint density at radius 2 is 2.09 bits per heavy atom. The minimum absolute atomic E-state index is 0.209. The van der Waals surface area contributed by atoms with E-state index < -0.39 is 5.60 Å². The smallest absolute Gasteiger partial charge is 0.256 e. The molecule has 0 aromatic heterocycles. The van der Waals surface area contributed by atoms with Crippen LogP contribution >= 0.6 is 0 Å². The van der Waals surface area contributed by atoms with Crippen LogP contribution in [-0.4, -0.2) is 25.2 Å². The van der Waals surface area contributed by atoms with Gasteiger partial charge in [0.2, 0.25) is 0 Å². The van der Waals surface area contributed by atoms with Gasteiger partial charge in [-0.05, 0) is 38.0 Å². The summed E-state index contributed by atoms with van der Waals surface area (Å²) in [7, 11) is 1.54. The molecule has 0 aliphatic rings. The highest BCUT2D eigenvalue weighted by molar-refractivity contribution is 5.97. The third-order valence-corrected chi connectivity index (χ3v) is 3.76. The minimum Gasteiger partial charge on any atom is -0.492 e. The lowest BCUT2D eigenvalue weighted by atomic mass is 9.97. The lowest BCUT2D eigenvalue weighted by Gasteiger charge is -2.26. The summed E-state index contributed by atoms with van der Waals surface area (Å²) >= 11 is 0. The Hall–Kier alpha value is -2.06. The van der Waals surface area contributed by atoms with E-state index in [0.29, 0.717) is 30.0 Å². The molecule has 0 aliphatic heterocycles. The molecule has 1 N–H and O–H groups in total. The number of nitrogens with one attached hydrogen (secondary N) is 1. The second-order valence-electron chi connectivity index (χ2n) is 5.66. The molecular weight excluding hydrogens is 292 g/mol. The zero-order valence-corrected chi connectivity index (χ0v) is 14.4. The SMILES string of the molecule is CCCCC(C)(OC)C(=O)Nc1ccc(OCCC)c(C#N)c1. The number of unbranched alkanes of at least 4 members (excludes halogenated alkanes) is 1. The zero-order valence-electron chi connectivity index (χ0n) is 14.4. The predicted octanol–water partition coefficient (Wildman–Crippen LogP) is 3.88. The second kappa shape index (κ2) is 9.16. The molecule has 1 unspecified atom stereocenters. The average Bonchev–Trinajstić information content (AvgIpc) is 2.58. The maximum atomic E-state index is 12.5. The number of carbonyl (C=O) groups excluding carboxylic acids is 1. The topological polar surface area (TPSA) is 71.3 Å². The second-order valence-corrected chi connectivity index (χ2v) is 5.66. The van der Waals surface area contributed by atoms with Crippen molar-refractivity contribution in [3.8, 4) is 11.8 Å². The van der Waals surface area contributed by atoms with E-state index >= 15 is 0 Å². The molecule has 0 fully saturated rings. The van der Waals surface area contributed by atoms with Gasteiger partial charge in [-0.3, -0.25) is 4.79 Å². The van der Waals surface area contributed by atoms with Gasteiger partial charge in [0.25, 0.3) is 5.91 Å². The number of carbonyl (C=O) groups is 1. The van der Waals surface area contributed by atoms with Crippen LogP contribution in [0.4, 0.5) is 5.69 Å². The van der Waals surface area contributed by atoms with E-state index in [9.17, 15) is 10.1 Å². The van der Waals surface area contributed by atoms with E-state index in [4.69, 9.17) is 9.47 Å². The van der Waals surface area contributed by atoms with Crippen molar-refractivity contribution >= 4 is 11.6 Å². The number of hydrogen-bond acceptors (Lipinski definition) is 4. The Bertz CT molecular complexity index is 566. The third kappa shape index (κ3) is 5.26. The minimum atomic E-state index is -0.875. The van der Waals surface area contributed by atoms with Crippen molar-refractivity contribution in [1.29, 1.82) is 5.26 Å². The number of benzene rings is 1. The van der Waals surface area contributed by atoms with Crippen LogP contribution in [0, 0.1) is 11.3 Å². The molecule has 0 spiro atoms. The molecule has 5 heteroatoms. The van der Waals surface area contributed by atoms with Gasteiger partial charge in [-0.15, -0.1) is 0 Å². The predicted molar refractivity (Wildman–Crippen MR) is 90.5 cm³/mol. The number of ether oxygens (including phenoxy) is 2. The number of amides is 1. The number of anilines is 1. The summed E-state index contributed by atoms with van der Waals surface area (Å²) in [4.78, 5) is 12.5. The quantitative estimate of drug-likeness (QED) is 0.750.